The van der Waals surface area contributed by atoms with Gasteiger partial charge in [0.1, 0.15) is 5.76 Å². The molecule has 6 heteroatoms. The van der Waals surface area contributed by atoms with Crippen molar-refractivity contribution in [1.82, 2.24) is 4.90 Å². The van der Waals surface area contributed by atoms with Crippen LogP contribution in [-0.2, 0) is 4.79 Å². The topological polar surface area (TPSA) is 86.3 Å². The van der Waals surface area contributed by atoms with Crippen molar-refractivity contribution in [3.63, 3.8) is 0 Å². The van der Waals surface area contributed by atoms with E-state index in [0.717, 1.165) is 18.4 Å². The maximum atomic E-state index is 13.1. The Hall–Kier alpha value is -3.85. The second kappa shape index (κ2) is 8.66. The zero-order valence-corrected chi connectivity index (χ0v) is 16.4. The standard InChI is InChI=1S/C24H21N3O3/c25-15-17-8-10-21(11-9-17)26-23(28)20-6-2-12-27(16-20)24(29)19-5-1-4-18(14-19)22-7-3-13-30-22/h1,3-5,7-11,13-14,20H,2,6,12,16H2,(H,26,28). The fourth-order valence-corrected chi connectivity index (χ4v) is 3.68. The molecule has 0 radical (unpaired) electrons. The number of hydrogen-bond donors (Lipinski definition) is 1. The van der Waals surface area contributed by atoms with Crippen LogP contribution in [0, 0.1) is 17.2 Å². The van der Waals surface area contributed by atoms with Crippen LogP contribution in [0.3, 0.4) is 0 Å². The minimum atomic E-state index is -0.272. The van der Waals surface area contributed by atoms with Gasteiger partial charge in [0, 0.05) is 29.9 Å². The average molecular weight is 399 g/mol. The lowest BCUT2D eigenvalue weighted by Gasteiger charge is -2.32. The van der Waals surface area contributed by atoms with Crippen LogP contribution < -0.4 is 5.32 Å². The summed E-state index contributed by atoms with van der Waals surface area (Å²) in [5, 5.41) is 11.8. The number of nitrogens with one attached hydrogen (secondary N) is 1. The summed E-state index contributed by atoms with van der Waals surface area (Å²) in [6, 6.07) is 19.8. The number of benzene rings is 2. The molecule has 1 aliphatic heterocycles. The fraction of sp³-hybridized carbons (Fsp3) is 0.208. The summed E-state index contributed by atoms with van der Waals surface area (Å²) < 4.78 is 5.42. The third-order valence-electron chi connectivity index (χ3n) is 5.28. The predicted octanol–water partition coefficient (Wildman–Crippen LogP) is 4.31. The highest BCUT2D eigenvalue weighted by atomic mass is 16.3. The molecule has 6 nitrogen and oxygen atoms in total. The molecule has 1 saturated heterocycles. The Labute approximate surface area is 174 Å². The molecule has 2 aromatic carbocycles. The molecule has 3 aromatic rings. The number of piperidine rings is 1. The summed E-state index contributed by atoms with van der Waals surface area (Å²) >= 11 is 0. The first kappa shape index (κ1) is 19.5. The summed E-state index contributed by atoms with van der Waals surface area (Å²) in [5.74, 6) is 0.246. The Balaban J connectivity index is 1.43. The van der Waals surface area contributed by atoms with Crippen molar-refractivity contribution in [3.05, 3.63) is 78.1 Å². The van der Waals surface area contributed by atoms with Crippen molar-refractivity contribution in [2.45, 2.75) is 12.8 Å². The Morgan fingerprint density at radius 3 is 2.67 bits per heavy atom. The van der Waals surface area contributed by atoms with Crippen molar-refractivity contribution in [2.75, 3.05) is 18.4 Å². The molecule has 150 valence electrons. The van der Waals surface area contributed by atoms with Crippen LogP contribution >= 0.6 is 0 Å². The largest absolute Gasteiger partial charge is 0.464 e. The van der Waals surface area contributed by atoms with Crippen LogP contribution in [0.25, 0.3) is 11.3 Å². The van der Waals surface area contributed by atoms with Gasteiger partial charge in [0.25, 0.3) is 5.91 Å². The van der Waals surface area contributed by atoms with Crippen LogP contribution in [0.1, 0.15) is 28.8 Å². The van der Waals surface area contributed by atoms with Gasteiger partial charge in [-0.3, -0.25) is 9.59 Å². The van der Waals surface area contributed by atoms with Crippen molar-refractivity contribution in [1.29, 1.82) is 5.26 Å². The van der Waals surface area contributed by atoms with E-state index in [2.05, 4.69) is 11.4 Å². The molecule has 1 N–H and O–H groups in total. The number of nitrogens with zero attached hydrogens (tertiary/aromatic N) is 2. The molecule has 1 fully saturated rings. The highest BCUT2D eigenvalue weighted by molar-refractivity contribution is 5.97. The molecule has 1 aliphatic rings. The molecule has 30 heavy (non-hydrogen) atoms. The van der Waals surface area contributed by atoms with Crippen molar-refractivity contribution < 1.29 is 14.0 Å². The van der Waals surface area contributed by atoms with Gasteiger partial charge in [-0.1, -0.05) is 12.1 Å². The SMILES string of the molecule is N#Cc1ccc(NC(=O)C2CCCN(C(=O)c3cccc(-c4ccco4)c3)C2)cc1. The summed E-state index contributed by atoms with van der Waals surface area (Å²) in [4.78, 5) is 27.5. The highest BCUT2D eigenvalue weighted by Crippen LogP contribution is 2.24. The third kappa shape index (κ3) is 4.26. The summed E-state index contributed by atoms with van der Waals surface area (Å²) in [6.45, 7) is 1.01. The lowest BCUT2D eigenvalue weighted by Crippen LogP contribution is -2.43. The molecule has 0 spiro atoms. The number of furan rings is 1. The Bertz CT molecular complexity index is 1080. The van der Waals surface area contributed by atoms with Crippen LogP contribution in [0.2, 0.25) is 0 Å². The lowest BCUT2D eigenvalue weighted by molar-refractivity contribution is -0.121. The van der Waals surface area contributed by atoms with Gasteiger partial charge in [-0.15, -0.1) is 0 Å². The molecule has 2 heterocycles. The van der Waals surface area contributed by atoms with Crippen molar-refractivity contribution in [2.24, 2.45) is 5.92 Å². The quantitative estimate of drug-likeness (QED) is 0.708. The highest BCUT2D eigenvalue weighted by Gasteiger charge is 2.29. The van der Waals surface area contributed by atoms with Crippen molar-refractivity contribution >= 4 is 17.5 Å². The lowest BCUT2D eigenvalue weighted by atomic mass is 9.96. The molecule has 1 aromatic heterocycles. The van der Waals surface area contributed by atoms with E-state index in [1.165, 1.54) is 0 Å². The first-order chi connectivity index (χ1) is 14.6. The van der Waals surface area contributed by atoms with E-state index >= 15 is 0 Å². The smallest absolute Gasteiger partial charge is 0.253 e. The van der Waals surface area contributed by atoms with E-state index in [-0.39, 0.29) is 17.7 Å². The van der Waals surface area contributed by atoms with E-state index in [0.29, 0.717) is 35.7 Å². The molecule has 0 bridgehead atoms. The van der Waals surface area contributed by atoms with Crippen LogP contribution in [0.4, 0.5) is 5.69 Å². The van der Waals surface area contributed by atoms with Gasteiger partial charge in [0.2, 0.25) is 5.91 Å². The van der Waals surface area contributed by atoms with Gasteiger partial charge in [-0.2, -0.15) is 5.26 Å². The Morgan fingerprint density at radius 2 is 1.93 bits per heavy atom. The fourth-order valence-electron chi connectivity index (χ4n) is 3.68. The number of hydrogen-bond acceptors (Lipinski definition) is 4. The van der Waals surface area contributed by atoms with Gasteiger partial charge < -0.3 is 14.6 Å². The summed E-state index contributed by atoms with van der Waals surface area (Å²) in [6.07, 6.45) is 3.11. The van der Waals surface area contributed by atoms with Crippen molar-refractivity contribution in [3.8, 4) is 17.4 Å². The zero-order valence-electron chi connectivity index (χ0n) is 16.4. The van der Waals surface area contributed by atoms with Crippen LogP contribution in [-0.4, -0.2) is 29.8 Å². The molecular formula is C24H21N3O3. The minimum Gasteiger partial charge on any atom is -0.464 e. The summed E-state index contributed by atoms with van der Waals surface area (Å²) in [5.41, 5.74) is 2.61. The van der Waals surface area contributed by atoms with Gasteiger partial charge in [0.05, 0.1) is 23.8 Å². The number of nitriles is 1. The molecular weight excluding hydrogens is 378 g/mol. The van der Waals surface area contributed by atoms with E-state index in [4.69, 9.17) is 9.68 Å². The zero-order chi connectivity index (χ0) is 20.9. The molecule has 1 unspecified atom stereocenters. The minimum absolute atomic E-state index is 0.0840. The average Bonchev–Trinajstić information content (AvgIpc) is 3.34. The molecule has 1 atom stereocenters. The first-order valence-electron chi connectivity index (χ1n) is 9.88. The van der Waals surface area contributed by atoms with E-state index in [9.17, 15) is 9.59 Å². The second-order valence-electron chi connectivity index (χ2n) is 7.33. The van der Waals surface area contributed by atoms with E-state index < -0.39 is 0 Å². The van der Waals surface area contributed by atoms with Gasteiger partial charge in [0.15, 0.2) is 0 Å². The molecule has 0 saturated carbocycles. The number of amides is 2. The van der Waals surface area contributed by atoms with E-state index in [1.807, 2.05) is 30.3 Å². The molecule has 4 rings (SSSR count). The number of carbonyl (C=O) groups excluding carboxylic acids is 2. The maximum Gasteiger partial charge on any atom is 0.253 e. The number of anilines is 1. The first-order valence-corrected chi connectivity index (χ1v) is 9.88. The van der Waals surface area contributed by atoms with Gasteiger partial charge in [-0.05, 0) is 61.4 Å². The second-order valence-corrected chi connectivity index (χ2v) is 7.33. The molecule has 2 amide bonds. The van der Waals surface area contributed by atoms with Gasteiger partial charge >= 0.3 is 0 Å². The monoisotopic (exact) mass is 399 g/mol. The number of rotatable bonds is 4. The number of carbonyl (C=O) groups is 2. The van der Waals surface area contributed by atoms with Gasteiger partial charge in [-0.25, -0.2) is 0 Å². The van der Waals surface area contributed by atoms with Crippen LogP contribution in [0.5, 0.6) is 0 Å². The third-order valence-corrected chi connectivity index (χ3v) is 5.28. The Kier molecular flexibility index (Phi) is 5.62. The molecule has 0 aliphatic carbocycles. The van der Waals surface area contributed by atoms with Crippen LogP contribution in [0.15, 0.2) is 71.3 Å². The maximum absolute atomic E-state index is 13.1. The normalized spacial score (nSPS) is 16.0. The summed E-state index contributed by atoms with van der Waals surface area (Å²) in [7, 11) is 0. The predicted molar refractivity (Wildman–Crippen MR) is 113 cm³/mol. The Morgan fingerprint density at radius 1 is 1.10 bits per heavy atom. The van der Waals surface area contributed by atoms with E-state index in [1.54, 1.807) is 41.5 Å². The number of likely N-dealkylation sites (tertiary alicyclic amines) is 1.